The van der Waals surface area contributed by atoms with Crippen molar-refractivity contribution in [2.75, 3.05) is 19.6 Å². The summed E-state index contributed by atoms with van der Waals surface area (Å²) in [5.41, 5.74) is 0.0474. The number of carbonyl (C=O) groups is 1. The first-order valence-corrected chi connectivity index (χ1v) is 9.61. The highest BCUT2D eigenvalue weighted by atomic mass is 32.1. The summed E-state index contributed by atoms with van der Waals surface area (Å²) in [5.74, 6) is 0.549. The molecule has 2 aliphatic heterocycles. The molecule has 2 aromatic heterocycles. The quantitative estimate of drug-likeness (QED) is 0.847. The normalized spacial score (nSPS) is 20.8. The maximum absolute atomic E-state index is 12.8. The Balaban J connectivity index is 1.42. The van der Waals surface area contributed by atoms with Crippen LogP contribution in [0.1, 0.15) is 46.0 Å². The van der Waals surface area contributed by atoms with Crippen molar-refractivity contribution in [2.45, 2.75) is 44.7 Å². The summed E-state index contributed by atoms with van der Waals surface area (Å²) in [7, 11) is 0. The molecule has 0 N–H and O–H groups in total. The van der Waals surface area contributed by atoms with Gasteiger partial charge in [-0.3, -0.25) is 9.69 Å². The molecule has 2 aromatic rings. The van der Waals surface area contributed by atoms with Gasteiger partial charge in [0.05, 0.1) is 6.26 Å². The highest BCUT2D eigenvalue weighted by Gasteiger charge is 2.46. The molecule has 4 heterocycles. The molecule has 2 aliphatic rings. The number of hydrogen-bond acceptors (Lipinski definition) is 4. The Kier molecular flexibility index (Phi) is 4.22. The van der Waals surface area contributed by atoms with Crippen molar-refractivity contribution in [3.63, 3.8) is 0 Å². The summed E-state index contributed by atoms with van der Waals surface area (Å²) in [6, 6.07) is 8.02. The third-order valence-electron chi connectivity index (χ3n) is 5.54. The van der Waals surface area contributed by atoms with Crippen LogP contribution in [0.2, 0.25) is 0 Å². The van der Waals surface area contributed by atoms with Gasteiger partial charge in [0.2, 0.25) is 0 Å². The summed E-state index contributed by atoms with van der Waals surface area (Å²) < 4.78 is 5.34. The van der Waals surface area contributed by atoms with Crippen LogP contribution >= 0.6 is 11.3 Å². The minimum Gasteiger partial charge on any atom is -0.459 e. The molecule has 0 aromatic carbocycles. The number of piperidine rings is 1. The lowest BCUT2D eigenvalue weighted by atomic mass is 9.84. The molecule has 0 bridgehead atoms. The molecule has 0 saturated carbocycles. The molecule has 0 aliphatic carbocycles. The third-order valence-corrected chi connectivity index (χ3v) is 6.52. The van der Waals surface area contributed by atoms with E-state index < -0.39 is 0 Å². The third kappa shape index (κ3) is 2.91. The smallest absolute Gasteiger partial charge is 0.290 e. The Morgan fingerprint density at radius 2 is 2.04 bits per heavy atom. The van der Waals surface area contributed by atoms with Gasteiger partial charge in [-0.25, -0.2) is 0 Å². The van der Waals surface area contributed by atoms with Crippen molar-refractivity contribution in [3.8, 4) is 0 Å². The van der Waals surface area contributed by atoms with Crippen LogP contribution in [0.5, 0.6) is 0 Å². The summed E-state index contributed by atoms with van der Waals surface area (Å²) in [6.45, 7) is 6.21. The second-order valence-corrected chi connectivity index (χ2v) is 8.42. The van der Waals surface area contributed by atoms with Gasteiger partial charge in [0.15, 0.2) is 5.76 Å². The summed E-state index contributed by atoms with van der Waals surface area (Å²) >= 11 is 1.89. The lowest BCUT2D eigenvalue weighted by Crippen LogP contribution is -2.53. The van der Waals surface area contributed by atoms with Gasteiger partial charge >= 0.3 is 0 Å². The summed E-state index contributed by atoms with van der Waals surface area (Å²) in [6.07, 6.45) is 5.97. The standard InChI is InChI=1S/C19H24N2O2S/c1-15-5-6-16(24-15)14-20-11-8-19(9-12-20)7-3-10-21(19)18(22)17-4-2-13-23-17/h2,4-6,13H,3,7-12,14H2,1H3. The van der Waals surface area contributed by atoms with Gasteiger partial charge in [0.25, 0.3) is 5.91 Å². The molecular formula is C19H24N2O2S. The Morgan fingerprint density at radius 1 is 1.21 bits per heavy atom. The fourth-order valence-corrected chi connectivity index (χ4v) is 5.16. The van der Waals surface area contributed by atoms with E-state index in [1.807, 2.05) is 11.3 Å². The van der Waals surface area contributed by atoms with Gasteiger partial charge in [-0.1, -0.05) is 0 Å². The number of carbonyl (C=O) groups excluding carboxylic acids is 1. The second kappa shape index (κ2) is 6.37. The fourth-order valence-electron chi connectivity index (χ4n) is 4.23. The number of amides is 1. The van der Waals surface area contributed by atoms with Crippen molar-refractivity contribution in [1.29, 1.82) is 0 Å². The number of nitrogens with zero attached hydrogens (tertiary/aromatic N) is 2. The Hall–Kier alpha value is -1.59. The number of aryl methyl sites for hydroxylation is 1. The van der Waals surface area contributed by atoms with Crippen molar-refractivity contribution in [1.82, 2.24) is 9.80 Å². The van der Waals surface area contributed by atoms with E-state index in [4.69, 9.17) is 4.42 Å². The van der Waals surface area contributed by atoms with Crippen LogP contribution in [0.4, 0.5) is 0 Å². The molecular weight excluding hydrogens is 320 g/mol. The van der Waals surface area contributed by atoms with E-state index in [9.17, 15) is 4.79 Å². The van der Waals surface area contributed by atoms with Gasteiger partial charge in [-0.2, -0.15) is 0 Å². The predicted molar refractivity (Wildman–Crippen MR) is 95.3 cm³/mol. The lowest BCUT2D eigenvalue weighted by Gasteiger charge is -2.44. The highest BCUT2D eigenvalue weighted by molar-refractivity contribution is 7.11. The van der Waals surface area contributed by atoms with Gasteiger partial charge in [0, 0.05) is 41.5 Å². The van der Waals surface area contributed by atoms with Crippen molar-refractivity contribution >= 4 is 17.2 Å². The van der Waals surface area contributed by atoms with E-state index in [1.54, 1.807) is 18.4 Å². The van der Waals surface area contributed by atoms with Gasteiger partial charge in [-0.05, 0) is 56.9 Å². The van der Waals surface area contributed by atoms with E-state index in [1.165, 1.54) is 9.75 Å². The average molecular weight is 344 g/mol. The molecule has 5 heteroatoms. The van der Waals surface area contributed by atoms with Crippen LogP contribution in [0, 0.1) is 6.92 Å². The first-order valence-electron chi connectivity index (χ1n) is 8.79. The molecule has 0 atom stereocenters. The van der Waals surface area contributed by atoms with E-state index in [0.717, 1.165) is 51.9 Å². The average Bonchev–Trinajstić information content (AvgIpc) is 3.31. The Morgan fingerprint density at radius 3 is 2.71 bits per heavy atom. The fraction of sp³-hybridized carbons (Fsp3) is 0.526. The number of hydrogen-bond donors (Lipinski definition) is 0. The molecule has 4 rings (SSSR count). The molecule has 1 amide bonds. The first kappa shape index (κ1) is 15.9. The zero-order valence-corrected chi connectivity index (χ0v) is 15.0. The molecule has 24 heavy (non-hydrogen) atoms. The number of likely N-dealkylation sites (tertiary alicyclic amines) is 2. The van der Waals surface area contributed by atoms with Crippen LogP contribution in [-0.4, -0.2) is 40.9 Å². The molecule has 0 radical (unpaired) electrons. The maximum atomic E-state index is 12.8. The zero-order valence-electron chi connectivity index (χ0n) is 14.2. The van der Waals surface area contributed by atoms with Crippen molar-refractivity contribution < 1.29 is 9.21 Å². The molecule has 1 spiro atoms. The predicted octanol–water partition coefficient (Wildman–Crippen LogP) is 3.92. The molecule has 128 valence electrons. The minimum atomic E-state index is 0.0474. The monoisotopic (exact) mass is 344 g/mol. The van der Waals surface area contributed by atoms with Crippen molar-refractivity contribution in [2.24, 2.45) is 0 Å². The topological polar surface area (TPSA) is 36.7 Å². The van der Waals surface area contributed by atoms with Gasteiger partial charge in [-0.15, -0.1) is 11.3 Å². The van der Waals surface area contributed by atoms with Crippen LogP contribution in [-0.2, 0) is 6.54 Å². The van der Waals surface area contributed by atoms with Crippen molar-refractivity contribution in [3.05, 3.63) is 46.0 Å². The largest absolute Gasteiger partial charge is 0.459 e. The van der Waals surface area contributed by atoms with Crippen LogP contribution in [0.3, 0.4) is 0 Å². The number of thiophene rings is 1. The van der Waals surface area contributed by atoms with E-state index in [2.05, 4.69) is 28.9 Å². The molecule has 2 fully saturated rings. The van der Waals surface area contributed by atoms with E-state index >= 15 is 0 Å². The summed E-state index contributed by atoms with van der Waals surface area (Å²) in [5, 5.41) is 0. The first-order chi connectivity index (χ1) is 11.7. The van der Waals surface area contributed by atoms with Gasteiger partial charge < -0.3 is 9.32 Å². The van der Waals surface area contributed by atoms with E-state index in [-0.39, 0.29) is 11.4 Å². The second-order valence-electron chi connectivity index (χ2n) is 7.05. The molecule has 4 nitrogen and oxygen atoms in total. The lowest BCUT2D eigenvalue weighted by molar-refractivity contribution is 0.0334. The van der Waals surface area contributed by atoms with Gasteiger partial charge in [0.1, 0.15) is 0 Å². The highest BCUT2D eigenvalue weighted by Crippen LogP contribution is 2.39. The zero-order chi connectivity index (χ0) is 16.6. The Labute approximate surface area is 147 Å². The SMILES string of the molecule is Cc1ccc(CN2CCC3(CCCN3C(=O)c3ccco3)CC2)s1. The maximum Gasteiger partial charge on any atom is 0.290 e. The van der Waals surface area contributed by atoms with Crippen LogP contribution in [0.25, 0.3) is 0 Å². The Bertz CT molecular complexity index is 699. The van der Waals surface area contributed by atoms with Crippen LogP contribution in [0.15, 0.2) is 34.9 Å². The number of rotatable bonds is 3. The minimum absolute atomic E-state index is 0.0474. The summed E-state index contributed by atoms with van der Waals surface area (Å²) in [4.78, 5) is 20.2. The van der Waals surface area contributed by atoms with E-state index in [0.29, 0.717) is 5.76 Å². The van der Waals surface area contributed by atoms with Crippen LogP contribution < -0.4 is 0 Å². The molecule has 2 saturated heterocycles. The molecule has 0 unspecified atom stereocenters. The number of furan rings is 1.